The average Bonchev–Trinajstić information content (AvgIpc) is 2.24. The Morgan fingerprint density at radius 2 is 2.12 bits per heavy atom. The molecule has 2 atom stereocenters. The van der Waals surface area contributed by atoms with Gasteiger partial charge < -0.3 is 9.42 Å². The molecule has 0 amide bonds. The van der Waals surface area contributed by atoms with E-state index in [9.17, 15) is 9.46 Å². The molecule has 1 N–H and O–H groups in total. The Bertz CT molecular complexity index is 238. The van der Waals surface area contributed by atoms with Crippen LogP contribution < -0.4 is 0 Å². The molecular formula is C12H25O3P. The van der Waals surface area contributed by atoms with Gasteiger partial charge in [-0.2, -0.15) is 0 Å². The molecule has 4 heteroatoms. The Morgan fingerprint density at radius 1 is 1.44 bits per heavy atom. The zero-order chi connectivity index (χ0) is 12.4. The molecule has 0 rings (SSSR count). The van der Waals surface area contributed by atoms with Gasteiger partial charge >= 0.3 is 7.60 Å². The highest BCUT2D eigenvalue weighted by Crippen LogP contribution is 2.45. The van der Waals surface area contributed by atoms with E-state index >= 15 is 0 Å². The summed E-state index contributed by atoms with van der Waals surface area (Å²) in [7, 11) is -3.39. The van der Waals surface area contributed by atoms with Gasteiger partial charge in [0.15, 0.2) is 0 Å². The molecule has 0 spiro atoms. The lowest BCUT2D eigenvalue weighted by Crippen LogP contribution is -2.07. The van der Waals surface area contributed by atoms with Crippen LogP contribution in [0.4, 0.5) is 0 Å². The van der Waals surface area contributed by atoms with Gasteiger partial charge in [0.05, 0.1) is 12.8 Å². The minimum absolute atomic E-state index is 0.231. The summed E-state index contributed by atoms with van der Waals surface area (Å²) in [6.45, 7) is 6.29. The Morgan fingerprint density at radius 3 is 2.62 bits per heavy atom. The van der Waals surface area contributed by atoms with Gasteiger partial charge in [0, 0.05) is 0 Å². The van der Waals surface area contributed by atoms with Gasteiger partial charge in [-0.1, -0.05) is 45.3 Å². The van der Waals surface area contributed by atoms with E-state index < -0.39 is 7.60 Å². The van der Waals surface area contributed by atoms with Crippen LogP contribution in [0.25, 0.3) is 0 Å². The fraction of sp³-hybridized carbons (Fsp3) is 0.833. The fourth-order valence-corrected chi connectivity index (χ4v) is 3.07. The molecule has 0 saturated carbocycles. The van der Waals surface area contributed by atoms with Crippen molar-refractivity contribution in [3.63, 3.8) is 0 Å². The standard InChI is InChI=1S/C12H25O3P/c1-4-7-9-12(6-3)11-16(13,14)15-10-8-5-2/h5,8,12H,4,6-7,9-11H2,1-3H3,(H,13,14). The van der Waals surface area contributed by atoms with Crippen LogP contribution in [0.3, 0.4) is 0 Å². The van der Waals surface area contributed by atoms with Crippen molar-refractivity contribution in [1.82, 2.24) is 0 Å². The molecule has 0 aromatic carbocycles. The van der Waals surface area contributed by atoms with Crippen LogP contribution in [0.2, 0.25) is 0 Å². The maximum Gasteiger partial charge on any atom is 0.328 e. The summed E-state index contributed by atoms with van der Waals surface area (Å²) in [5.41, 5.74) is 0. The van der Waals surface area contributed by atoms with Crippen LogP contribution >= 0.6 is 7.60 Å². The Labute approximate surface area is 99.4 Å². The topological polar surface area (TPSA) is 46.5 Å². The molecule has 0 aliphatic carbocycles. The lowest BCUT2D eigenvalue weighted by atomic mass is 10.0. The number of allylic oxidation sites excluding steroid dienone is 1. The molecule has 3 nitrogen and oxygen atoms in total. The summed E-state index contributed by atoms with van der Waals surface area (Å²) in [6.07, 6.45) is 8.06. The first-order valence-electron chi connectivity index (χ1n) is 6.13. The summed E-state index contributed by atoms with van der Waals surface area (Å²) < 4.78 is 16.7. The monoisotopic (exact) mass is 248 g/mol. The quantitative estimate of drug-likeness (QED) is 0.496. The summed E-state index contributed by atoms with van der Waals surface area (Å²) in [5.74, 6) is 0.307. The summed E-state index contributed by atoms with van der Waals surface area (Å²) in [5, 5.41) is 0. The molecular weight excluding hydrogens is 223 g/mol. The van der Waals surface area contributed by atoms with Crippen LogP contribution in [0.15, 0.2) is 12.2 Å². The van der Waals surface area contributed by atoms with Crippen molar-refractivity contribution >= 4 is 7.60 Å². The van der Waals surface area contributed by atoms with Gasteiger partial charge in [-0.05, 0) is 19.3 Å². The van der Waals surface area contributed by atoms with E-state index in [1.807, 2.05) is 13.0 Å². The minimum atomic E-state index is -3.39. The van der Waals surface area contributed by atoms with Crippen molar-refractivity contribution in [2.45, 2.75) is 46.5 Å². The Kier molecular flexibility index (Phi) is 8.91. The van der Waals surface area contributed by atoms with E-state index in [1.165, 1.54) is 0 Å². The number of rotatable bonds is 9. The molecule has 0 aliphatic rings. The van der Waals surface area contributed by atoms with Crippen molar-refractivity contribution in [3.8, 4) is 0 Å². The van der Waals surface area contributed by atoms with Crippen molar-refractivity contribution in [1.29, 1.82) is 0 Å². The van der Waals surface area contributed by atoms with E-state index in [0.29, 0.717) is 12.1 Å². The van der Waals surface area contributed by atoms with Crippen molar-refractivity contribution < 1.29 is 14.0 Å². The third-order valence-electron chi connectivity index (χ3n) is 2.64. The average molecular weight is 248 g/mol. The van der Waals surface area contributed by atoms with E-state index in [0.717, 1.165) is 25.7 Å². The van der Waals surface area contributed by atoms with Crippen LogP contribution in [-0.4, -0.2) is 17.7 Å². The van der Waals surface area contributed by atoms with Gasteiger partial charge in [0.25, 0.3) is 0 Å². The highest BCUT2D eigenvalue weighted by molar-refractivity contribution is 7.52. The number of hydrogen-bond acceptors (Lipinski definition) is 2. The predicted molar refractivity (Wildman–Crippen MR) is 68.8 cm³/mol. The summed E-state index contributed by atoms with van der Waals surface area (Å²) >= 11 is 0. The molecule has 0 radical (unpaired) electrons. The van der Waals surface area contributed by atoms with E-state index in [1.54, 1.807) is 6.08 Å². The zero-order valence-electron chi connectivity index (χ0n) is 10.7. The third-order valence-corrected chi connectivity index (χ3v) is 4.17. The molecule has 0 aromatic rings. The van der Waals surface area contributed by atoms with Gasteiger partial charge in [0.2, 0.25) is 0 Å². The molecule has 0 bridgehead atoms. The second kappa shape index (κ2) is 8.98. The summed E-state index contributed by atoms with van der Waals surface area (Å²) in [4.78, 5) is 9.64. The van der Waals surface area contributed by atoms with Gasteiger partial charge in [0.1, 0.15) is 0 Å². The summed E-state index contributed by atoms with van der Waals surface area (Å²) in [6, 6.07) is 0. The number of hydrogen-bond donors (Lipinski definition) is 1. The molecule has 0 saturated heterocycles. The molecule has 96 valence electrons. The molecule has 0 aromatic heterocycles. The largest absolute Gasteiger partial charge is 0.328 e. The Hall–Kier alpha value is -0.110. The lowest BCUT2D eigenvalue weighted by Gasteiger charge is -2.18. The van der Waals surface area contributed by atoms with Crippen LogP contribution in [-0.2, 0) is 9.09 Å². The second-order valence-corrected chi connectivity index (χ2v) is 6.00. The maximum atomic E-state index is 11.7. The maximum absolute atomic E-state index is 11.7. The third kappa shape index (κ3) is 8.09. The molecule has 16 heavy (non-hydrogen) atoms. The van der Waals surface area contributed by atoms with E-state index in [2.05, 4.69) is 13.8 Å². The van der Waals surface area contributed by atoms with Gasteiger partial charge in [-0.3, -0.25) is 4.57 Å². The highest BCUT2D eigenvalue weighted by atomic mass is 31.2. The molecule has 0 heterocycles. The first kappa shape index (κ1) is 15.9. The fourth-order valence-electron chi connectivity index (χ4n) is 1.55. The zero-order valence-corrected chi connectivity index (χ0v) is 11.6. The van der Waals surface area contributed by atoms with E-state index in [-0.39, 0.29) is 6.61 Å². The first-order valence-corrected chi connectivity index (χ1v) is 7.89. The first-order chi connectivity index (χ1) is 7.55. The van der Waals surface area contributed by atoms with Gasteiger partial charge in [-0.25, -0.2) is 0 Å². The molecule has 0 aliphatic heterocycles. The minimum Gasteiger partial charge on any atom is -0.324 e. The lowest BCUT2D eigenvalue weighted by molar-refractivity contribution is 0.278. The normalized spacial score (nSPS) is 17.5. The van der Waals surface area contributed by atoms with Crippen molar-refractivity contribution in [3.05, 3.63) is 12.2 Å². The van der Waals surface area contributed by atoms with Gasteiger partial charge in [-0.15, -0.1) is 0 Å². The van der Waals surface area contributed by atoms with Crippen LogP contribution in [0, 0.1) is 5.92 Å². The molecule has 0 fully saturated rings. The SMILES string of the molecule is CC=CCOP(=O)(O)CC(CC)CCCC. The molecule has 2 unspecified atom stereocenters. The highest BCUT2D eigenvalue weighted by Gasteiger charge is 2.23. The predicted octanol–water partition coefficient (Wildman–Crippen LogP) is 3.98. The van der Waals surface area contributed by atoms with Crippen molar-refractivity contribution in [2.24, 2.45) is 5.92 Å². The number of unbranched alkanes of at least 4 members (excludes halogenated alkanes) is 1. The Balaban J connectivity index is 4.03. The van der Waals surface area contributed by atoms with Crippen LogP contribution in [0.1, 0.15) is 46.5 Å². The smallest absolute Gasteiger partial charge is 0.324 e. The second-order valence-electron chi connectivity index (χ2n) is 4.10. The van der Waals surface area contributed by atoms with Crippen LogP contribution in [0.5, 0.6) is 0 Å². The van der Waals surface area contributed by atoms with E-state index in [4.69, 9.17) is 4.52 Å². The van der Waals surface area contributed by atoms with Crippen molar-refractivity contribution in [2.75, 3.05) is 12.8 Å².